The Hall–Kier alpha value is -1.38. The van der Waals surface area contributed by atoms with Crippen molar-refractivity contribution < 1.29 is 14.4 Å². The van der Waals surface area contributed by atoms with Crippen molar-refractivity contribution in [3.05, 3.63) is 35.1 Å². The first-order valence-electron chi connectivity index (χ1n) is 3.68. The van der Waals surface area contributed by atoms with E-state index in [1.165, 1.54) is 6.07 Å². The number of hydrogen-bond acceptors (Lipinski definition) is 3. The van der Waals surface area contributed by atoms with Crippen LogP contribution in [0.25, 0.3) is 0 Å². The molecule has 0 aliphatic heterocycles. The Morgan fingerprint density at radius 3 is 2.69 bits per heavy atom. The summed E-state index contributed by atoms with van der Waals surface area (Å²) in [5.41, 5.74) is 0.562. The second kappa shape index (κ2) is 4.03. The molecule has 0 radical (unpaired) electrons. The third kappa shape index (κ3) is 2.54. The smallest absolute Gasteiger partial charge is 0.427 e. The van der Waals surface area contributed by atoms with Gasteiger partial charge in [0.15, 0.2) is 0 Å². The van der Waals surface area contributed by atoms with E-state index in [9.17, 15) is 4.39 Å². The quantitative estimate of drug-likeness (QED) is 0.639. The number of halogens is 1. The number of rotatable bonds is 2. The lowest BCUT2D eigenvalue weighted by atomic mass is 9.80. The lowest BCUT2D eigenvalue weighted by Crippen LogP contribution is -2.16. The van der Waals surface area contributed by atoms with Gasteiger partial charge >= 0.3 is 7.12 Å². The zero-order valence-electron chi connectivity index (χ0n) is 6.74. The van der Waals surface area contributed by atoms with E-state index >= 15 is 0 Å². The molecule has 1 aromatic rings. The molecule has 5 heteroatoms. The fourth-order valence-electron chi connectivity index (χ4n) is 1.04. The van der Waals surface area contributed by atoms with Crippen LogP contribution in [0.1, 0.15) is 11.1 Å². The molecule has 13 heavy (non-hydrogen) atoms. The van der Waals surface area contributed by atoms with E-state index in [0.29, 0.717) is 5.56 Å². The number of nitriles is 1. The molecule has 3 nitrogen and oxygen atoms in total. The molecule has 0 heterocycles. The molecule has 2 N–H and O–H groups in total. The van der Waals surface area contributed by atoms with Gasteiger partial charge in [0, 0.05) is 6.32 Å². The maximum Gasteiger partial charge on any atom is 0.456 e. The van der Waals surface area contributed by atoms with Gasteiger partial charge in [0.05, 0.1) is 11.6 Å². The summed E-state index contributed by atoms with van der Waals surface area (Å²) in [6.07, 6.45) is -0.138. The van der Waals surface area contributed by atoms with Crippen LogP contribution < -0.4 is 0 Å². The second-order valence-corrected chi connectivity index (χ2v) is 2.60. The Morgan fingerprint density at radius 1 is 1.46 bits per heavy atom. The maximum atomic E-state index is 12.7. The summed E-state index contributed by atoms with van der Waals surface area (Å²) in [5.74, 6) is -0.491. The van der Waals surface area contributed by atoms with Gasteiger partial charge in [0.25, 0.3) is 0 Å². The van der Waals surface area contributed by atoms with Gasteiger partial charge in [-0.15, -0.1) is 0 Å². The molecule has 0 fully saturated rings. The molecular weight excluding hydrogens is 172 g/mol. The van der Waals surface area contributed by atoms with Crippen molar-refractivity contribution in [1.29, 1.82) is 5.26 Å². The van der Waals surface area contributed by atoms with E-state index in [-0.39, 0.29) is 11.9 Å². The Kier molecular flexibility index (Phi) is 3.01. The average Bonchev–Trinajstić information content (AvgIpc) is 2.03. The molecule has 0 spiro atoms. The Morgan fingerprint density at radius 2 is 2.15 bits per heavy atom. The van der Waals surface area contributed by atoms with Gasteiger partial charge in [-0.2, -0.15) is 5.26 Å². The molecule has 0 bridgehead atoms. The lowest BCUT2D eigenvalue weighted by molar-refractivity contribution is 0.405. The van der Waals surface area contributed by atoms with Crippen molar-refractivity contribution in [2.24, 2.45) is 0 Å². The molecule has 0 aromatic heterocycles. The van der Waals surface area contributed by atoms with Crippen LogP contribution in [0.2, 0.25) is 0 Å². The summed E-state index contributed by atoms with van der Waals surface area (Å²) in [5, 5.41) is 25.9. The highest BCUT2D eigenvalue weighted by molar-refractivity contribution is 6.40. The molecule has 0 saturated heterocycles. The van der Waals surface area contributed by atoms with Crippen LogP contribution in [-0.4, -0.2) is 17.2 Å². The fraction of sp³-hybridized carbons (Fsp3) is 0.125. The predicted molar refractivity (Wildman–Crippen MR) is 45.0 cm³/mol. The molecule has 0 atom stereocenters. The van der Waals surface area contributed by atoms with Crippen LogP contribution in [0.15, 0.2) is 18.2 Å². The van der Waals surface area contributed by atoms with E-state index < -0.39 is 12.9 Å². The lowest BCUT2D eigenvalue weighted by Gasteiger charge is -2.02. The molecule has 0 unspecified atom stereocenters. The van der Waals surface area contributed by atoms with Crippen LogP contribution in [0.3, 0.4) is 0 Å². The highest BCUT2D eigenvalue weighted by Gasteiger charge is 2.12. The summed E-state index contributed by atoms with van der Waals surface area (Å²) in [4.78, 5) is 0. The van der Waals surface area contributed by atoms with Crippen molar-refractivity contribution in [2.45, 2.75) is 6.32 Å². The Bertz CT molecular complexity index is 348. The van der Waals surface area contributed by atoms with Gasteiger partial charge in [-0.25, -0.2) is 4.39 Å². The van der Waals surface area contributed by atoms with E-state index in [4.69, 9.17) is 15.3 Å². The van der Waals surface area contributed by atoms with Gasteiger partial charge in [0.1, 0.15) is 5.82 Å². The highest BCUT2D eigenvalue weighted by atomic mass is 19.1. The summed E-state index contributed by atoms with van der Waals surface area (Å²) >= 11 is 0. The maximum absolute atomic E-state index is 12.7. The summed E-state index contributed by atoms with van der Waals surface area (Å²) in [6.45, 7) is 0. The van der Waals surface area contributed by atoms with Crippen LogP contribution >= 0.6 is 0 Å². The third-order valence-electron chi connectivity index (χ3n) is 1.59. The van der Waals surface area contributed by atoms with Crippen LogP contribution in [0, 0.1) is 17.1 Å². The van der Waals surface area contributed by atoms with Crippen molar-refractivity contribution in [2.75, 3.05) is 0 Å². The van der Waals surface area contributed by atoms with Crippen molar-refractivity contribution in [3.8, 4) is 6.07 Å². The topological polar surface area (TPSA) is 64.2 Å². The number of nitrogens with zero attached hydrogens (tertiary/aromatic N) is 1. The molecule has 0 saturated carbocycles. The molecule has 0 aliphatic rings. The van der Waals surface area contributed by atoms with Crippen molar-refractivity contribution in [3.63, 3.8) is 0 Å². The summed E-state index contributed by atoms with van der Waals surface area (Å²) < 4.78 is 12.7. The first-order chi connectivity index (χ1) is 6.13. The second-order valence-electron chi connectivity index (χ2n) is 2.60. The Balaban J connectivity index is 3.03. The van der Waals surface area contributed by atoms with E-state index in [1.807, 2.05) is 6.07 Å². The molecule has 0 amide bonds. The minimum absolute atomic E-state index is 0.138. The van der Waals surface area contributed by atoms with Gasteiger partial charge < -0.3 is 10.0 Å². The van der Waals surface area contributed by atoms with Crippen molar-refractivity contribution >= 4 is 7.12 Å². The van der Waals surface area contributed by atoms with Crippen molar-refractivity contribution in [1.82, 2.24) is 0 Å². The van der Waals surface area contributed by atoms with E-state index in [0.717, 1.165) is 12.1 Å². The molecular formula is C8H7BFNO2. The SMILES string of the molecule is N#Cc1ccc(F)cc1CB(O)O. The van der Waals surface area contributed by atoms with Gasteiger partial charge in [-0.1, -0.05) is 0 Å². The van der Waals surface area contributed by atoms with Gasteiger partial charge in [-0.05, 0) is 23.8 Å². The highest BCUT2D eigenvalue weighted by Crippen LogP contribution is 2.11. The summed E-state index contributed by atoms with van der Waals surface area (Å²) in [6, 6.07) is 5.43. The van der Waals surface area contributed by atoms with Gasteiger partial charge in [0.2, 0.25) is 0 Å². The largest absolute Gasteiger partial charge is 0.456 e. The van der Waals surface area contributed by atoms with Crippen LogP contribution in [0.4, 0.5) is 4.39 Å². The third-order valence-corrected chi connectivity index (χ3v) is 1.59. The minimum Gasteiger partial charge on any atom is -0.427 e. The zero-order valence-corrected chi connectivity index (χ0v) is 6.74. The van der Waals surface area contributed by atoms with E-state index in [2.05, 4.69) is 0 Å². The normalized spacial score (nSPS) is 9.38. The van der Waals surface area contributed by atoms with E-state index in [1.54, 1.807) is 0 Å². The van der Waals surface area contributed by atoms with Crippen LogP contribution in [-0.2, 0) is 6.32 Å². The standard InChI is InChI=1S/C8H7BFNO2/c10-8-2-1-6(5-11)7(3-8)4-9(12)13/h1-3,12-13H,4H2. The minimum atomic E-state index is -1.56. The predicted octanol–water partition coefficient (Wildman–Crippen LogP) is 0.252. The first-order valence-corrected chi connectivity index (χ1v) is 3.68. The van der Waals surface area contributed by atoms with Crippen LogP contribution in [0.5, 0.6) is 0 Å². The average molecular weight is 179 g/mol. The molecule has 0 aliphatic carbocycles. The Labute approximate surface area is 75.2 Å². The number of hydrogen-bond donors (Lipinski definition) is 2. The first kappa shape index (κ1) is 9.71. The van der Waals surface area contributed by atoms with Gasteiger partial charge in [-0.3, -0.25) is 0 Å². The molecule has 66 valence electrons. The fourth-order valence-corrected chi connectivity index (χ4v) is 1.04. The summed E-state index contributed by atoms with van der Waals surface area (Å²) in [7, 11) is -1.56. The molecule has 1 aromatic carbocycles. The monoisotopic (exact) mass is 179 g/mol. The zero-order chi connectivity index (χ0) is 9.84. The number of benzene rings is 1. The molecule has 1 rings (SSSR count).